The highest BCUT2D eigenvalue weighted by Crippen LogP contribution is 2.40. The Balaban J connectivity index is 1.64. The summed E-state index contributed by atoms with van der Waals surface area (Å²) in [5.41, 5.74) is 3.36. The van der Waals surface area contributed by atoms with Crippen molar-refractivity contribution in [3.8, 4) is 5.75 Å². The molecule has 0 fully saturated rings. The maximum Gasteiger partial charge on any atom is 0.308 e. The van der Waals surface area contributed by atoms with E-state index in [-0.39, 0.29) is 11.9 Å². The van der Waals surface area contributed by atoms with Gasteiger partial charge >= 0.3 is 5.97 Å². The van der Waals surface area contributed by atoms with Crippen LogP contribution < -0.4 is 10.1 Å². The molecule has 0 spiro atoms. The topological polar surface area (TPSA) is 67.8 Å². The lowest BCUT2D eigenvalue weighted by Gasteiger charge is -2.12. The number of para-hydroxylation sites is 1. The number of rotatable bonds is 5. The van der Waals surface area contributed by atoms with Gasteiger partial charge in [0.25, 0.3) is 5.91 Å². The van der Waals surface area contributed by atoms with Gasteiger partial charge in [-0.3, -0.25) is 9.59 Å². The van der Waals surface area contributed by atoms with E-state index in [1.807, 2.05) is 42.5 Å². The minimum Gasteiger partial charge on any atom is -0.427 e. The lowest BCUT2D eigenvalue weighted by Crippen LogP contribution is -2.14. The third-order valence-corrected chi connectivity index (χ3v) is 6.06. The summed E-state index contributed by atoms with van der Waals surface area (Å²) < 4.78 is 5.14. The summed E-state index contributed by atoms with van der Waals surface area (Å²) in [6.07, 6.45) is 5.83. The molecule has 1 N–H and O–H groups in total. The fraction of sp³-hybridized carbons (Fsp3) is 0.208. The molecule has 0 aliphatic heterocycles. The van der Waals surface area contributed by atoms with Crippen LogP contribution in [0.15, 0.2) is 59.6 Å². The Hall–Kier alpha value is -3.25. The second-order valence-corrected chi connectivity index (χ2v) is 8.22. The Morgan fingerprint density at radius 2 is 1.87 bits per heavy atom. The molecule has 4 rings (SSSR count). The molecule has 0 unspecified atom stereocenters. The van der Waals surface area contributed by atoms with Crippen LogP contribution in [0.4, 0.5) is 10.7 Å². The standard InChI is InChI=1S/C24H22N2O3S/c1-16(27)29-19-11-7-8-17(14-19)15-25-24-22(20-12-5-6-13-21(20)30-24)23(28)26-18-9-3-2-4-10-18/h2-4,7-11,14-15H,5-6,12-13H2,1H3,(H,26,28). The number of hydrogen-bond acceptors (Lipinski definition) is 5. The zero-order valence-corrected chi connectivity index (χ0v) is 17.5. The normalized spacial score (nSPS) is 13.1. The zero-order chi connectivity index (χ0) is 20.9. The molecule has 0 saturated heterocycles. The number of anilines is 1. The van der Waals surface area contributed by atoms with Gasteiger partial charge in [0.15, 0.2) is 0 Å². The first-order chi connectivity index (χ1) is 14.6. The van der Waals surface area contributed by atoms with Gasteiger partial charge in [-0.05, 0) is 61.1 Å². The molecule has 152 valence electrons. The number of nitrogens with one attached hydrogen (secondary N) is 1. The van der Waals surface area contributed by atoms with E-state index in [0.717, 1.165) is 42.5 Å². The van der Waals surface area contributed by atoms with E-state index in [1.54, 1.807) is 29.7 Å². The molecule has 0 bridgehead atoms. The second kappa shape index (κ2) is 9.05. The van der Waals surface area contributed by atoms with E-state index in [2.05, 4.69) is 10.3 Å². The van der Waals surface area contributed by atoms with E-state index in [4.69, 9.17) is 4.74 Å². The van der Waals surface area contributed by atoms with Gasteiger partial charge in [0.2, 0.25) is 0 Å². The van der Waals surface area contributed by atoms with Crippen LogP contribution in [0.2, 0.25) is 0 Å². The summed E-state index contributed by atoms with van der Waals surface area (Å²) in [5.74, 6) is -0.0183. The van der Waals surface area contributed by atoms with Crippen molar-refractivity contribution in [2.45, 2.75) is 32.6 Å². The van der Waals surface area contributed by atoms with Gasteiger partial charge in [-0.1, -0.05) is 30.3 Å². The Bertz CT molecular complexity index is 1100. The fourth-order valence-electron chi connectivity index (χ4n) is 3.55. The minimum atomic E-state index is -0.366. The molecule has 1 amide bonds. The molecular formula is C24H22N2O3S. The van der Waals surface area contributed by atoms with Gasteiger partial charge in [-0.15, -0.1) is 11.3 Å². The number of carbonyl (C=O) groups is 2. The number of ether oxygens (including phenoxy) is 1. The summed E-state index contributed by atoms with van der Waals surface area (Å²) in [6.45, 7) is 1.37. The average molecular weight is 419 g/mol. The van der Waals surface area contributed by atoms with Crippen molar-refractivity contribution in [3.05, 3.63) is 76.2 Å². The first-order valence-corrected chi connectivity index (χ1v) is 10.8. The summed E-state index contributed by atoms with van der Waals surface area (Å²) in [5, 5.41) is 3.72. The van der Waals surface area contributed by atoms with Crippen molar-refractivity contribution in [1.82, 2.24) is 0 Å². The number of benzene rings is 2. The molecule has 6 heteroatoms. The molecule has 1 heterocycles. The molecule has 0 radical (unpaired) electrons. The van der Waals surface area contributed by atoms with Gasteiger partial charge < -0.3 is 10.1 Å². The van der Waals surface area contributed by atoms with Crippen molar-refractivity contribution in [1.29, 1.82) is 0 Å². The predicted molar refractivity (Wildman–Crippen MR) is 120 cm³/mol. The predicted octanol–water partition coefficient (Wildman–Crippen LogP) is 5.56. The zero-order valence-electron chi connectivity index (χ0n) is 16.7. The number of fused-ring (bicyclic) bond motifs is 1. The van der Waals surface area contributed by atoms with Crippen molar-refractivity contribution >= 4 is 40.1 Å². The van der Waals surface area contributed by atoms with Gasteiger partial charge in [0.1, 0.15) is 10.8 Å². The molecule has 0 saturated carbocycles. The van der Waals surface area contributed by atoms with Crippen molar-refractivity contribution < 1.29 is 14.3 Å². The molecule has 2 aromatic carbocycles. The van der Waals surface area contributed by atoms with Gasteiger partial charge in [-0.2, -0.15) is 0 Å². The van der Waals surface area contributed by atoms with Crippen LogP contribution in [0, 0.1) is 0 Å². The second-order valence-electron chi connectivity index (χ2n) is 7.14. The number of esters is 1. The molecule has 1 aliphatic rings. The van der Waals surface area contributed by atoms with Crippen molar-refractivity contribution in [2.75, 3.05) is 5.32 Å². The average Bonchev–Trinajstić information content (AvgIpc) is 3.11. The van der Waals surface area contributed by atoms with Crippen LogP contribution in [-0.4, -0.2) is 18.1 Å². The largest absolute Gasteiger partial charge is 0.427 e. The Kier molecular flexibility index (Phi) is 6.05. The number of hydrogen-bond donors (Lipinski definition) is 1. The molecular weight excluding hydrogens is 396 g/mol. The van der Waals surface area contributed by atoms with Crippen LogP contribution in [-0.2, 0) is 17.6 Å². The van der Waals surface area contributed by atoms with Gasteiger partial charge in [-0.25, -0.2) is 4.99 Å². The summed E-state index contributed by atoms with van der Waals surface area (Å²) in [6, 6.07) is 16.6. The number of aryl methyl sites for hydroxylation is 1. The maximum absolute atomic E-state index is 13.1. The van der Waals surface area contributed by atoms with Gasteiger partial charge in [0.05, 0.1) is 5.56 Å². The molecule has 1 aliphatic carbocycles. The van der Waals surface area contributed by atoms with E-state index in [1.165, 1.54) is 11.8 Å². The minimum absolute atomic E-state index is 0.124. The van der Waals surface area contributed by atoms with E-state index in [0.29, 0.717) is 16.3 Å². The molecule has 30 heavy (non-hydrogen) atoms. The monoisotopic (exact) mass is 418 g/mol. The summed E-state index contributed by atoms with van der Waals surface area (Å²) >= 11 is 1.59. The van der Waals surface area contributed by atoms with Crippen LogP contribution in [0.25, 0.3) is 0 Å². The maximum atomic E-state index is 13.1. The van der Waals surface area contributed by atoms with Crippen molar-refractivity contribution in [3.63, 3.8) is 0 Å². The quantitative estimate of drug-likeness (QED) is 0.335. The smallest absolute Gasteiger partial charge is 0.308 e. The SMILES string of the molecule is CC(=O)Oc1cccc(C=Nc2sc3c(c2C(=O)Nc2ccccc2)CCCC3)c1. The first kappa shape index (κ1) is 20.0. The molecule has 1 aromatic heterocycles. The fourth-order valence-corrected chi connectivity index (χ4v) is 4.78. The third-order valence-electron chi connectivity index (χ3n) is 4.86. The van der Waals surface area contributed by atoms with Crippen LogP contribution >= 0.6 is 11.3 Å². The van der Waals surface area contributed by atoms with E-state index in [9.17, 15) is 9.59 Å². The van der Waals surface area contributed by atoms with Gasteiger partial charge in [0, 0.05) is 23.7 Å². The highest BCUT2D eigenvalue weighted by Gasteiger charge is 2.25. The molecule has 0 atom stereocenters. The molecule has 3 aromatic rings. The number of thiophene rings is 1. The number of amides is 1. The third kappa shape index (κ3) is 4.66. The highest BCUT2D eigenvalue weighted by molar-refractivity contribution is 7.16. The van der Waals surface area contributed by atoms with E-state index < -0.39 is 0 Å². The van der Waals surface area contributed by atoms with Crippen molar-refractivity contribution in [2.24, 2.45) is 4.99 Å². The summed E-state index contributed by atoms with van der Waals surface area (Å²) in [4.78, 5) is 30.2. The summed E-state index contributed by atoms with van der Waals surface area (Å²) in [7, 11) is 0. The van der Waals surface area contributed by atoms with Crippen LogP contribution in [0.3, 0.4) is 0 Å². The lowest BCUT2D eigenvalue weighted by molar-refractivity contribution is -0.131. The number of carbonyl (C=O) groups excluding carboxylic acids is 2. The van der Waals surface area contributed by atoms with Crippen LogP contribution in [0.1, 0.15) is 46.1 Å². The van der Waals surface area contributed by atoms with Crippen LogP contribution in [0.5, 0.6) is 5.75 Å². The Labute approximate surface area is 179 Å². The Morgan fingerprint density at radius 1 is 1.07 bits per heavy atom. The molecule has 5 nitrogen and oxygen atoms in total. The number of aliphatic imine (C=N–C) groups is 1. The number of nitrogens with zero attached hydrogens (tertiary/aromatic N) is 1. The lowest BCUT2D eigenvalue weighted by atomic mass is 9.95. The first-order valence-electron chi connectivity index (χ1n) is 9.93. The highest BCUT2D eigenvalue weighted by atomic mass is 32.1. The van der Waals surface area contributed by atoms with E-state index >= 15 is 0 Å². The Morgan fingerprint density at radius 3 is 2.67 bits per heavy atom.